The van der Waals surface area contributed by atoms with Crippen molar-refractivity contribution in [3.63, 3.8) is 0 Å². The average Bonchev–Trinajstić information content (AvgIpc) is 2.92. The van der Waals surface area contributed by atoms with E-state index >= 15 is 0 Å². The van der Waals surface area contributed by atoms with Gasteiger partial charge in [0.2, 0.25) is 5.91 Å². The molecule has 6 nitrogen and oxygen atoms in total. The molecule has 136 valence electrons. The van der Waals surface area contributed by atoms with Crippen molar-refractivity contribution < 1.29 is 4.79 Å². The highest BCUT2D eigenvalue weighted by molar-refractivity contribution is 5.85. The number of nitrogens with zero attached hydrogens (tertiary/aromatic N) is 3. The minimum absolute atomic E-state index is 0. The molecule has 3 heterocycles. The zero-order valence-corrected chi connectivity index (χ0v) is 15.6. The van der Waals surface area contributed by atoms with E-state index in [2.05, 4.69) is 20.6 Å². The van der Waals surface area contributed by atoms with Crippen molar-refractivity contribution in [3.8, 4) is 0 Å². The van der Waals surface area contributed by atoms with Crippen molar-refractivity contribution in [1.82, 2.24) is 25.3 Å². The van der Waals surface area contributed by atoms with Crippen molar-refractivity contribution in [2.45, 2.75) is 37.3 Å². The lowest BCUT2D eigenvalue weighted by Gasteiger charge is -2.20. The van der Waals surface area contributed by atoms with E-state index in [1.807, 2.05) is 24.1 Å². The molecule has 2 N–H and O–H groups in total. The van der Waals surface area contributed by atoms with Crippen LogP contribution in [0.1, 0.15) is 30.7 Å². The molecule has 0 spiro atoms. The van der Waals surface area contributed by atoms with Gasteiger partial charge in [-0.2, -0.15) is 5.10 Å². The number of halogens is 2. The number of hydrogen-bond donors (Lipinski definition) is 2. The van der Waals surface area contributed by atoms with E-state index in [9.17, 15) is 4.79 Å². The van der Waals surface area contributed by atoms with Gasteiger partial charge in [-0.3, -0.25) is 14.4 Å². The van der Waals surface area contributed by atoms with Crippen molar-refractivity contribution >= 4 is 30.7 Å². The van der Waals surface area contributed by atoms with Crippen molar-refractivity contribution in [3.05, 3.63) is 18.0 Å². The van der Waals surface area contributed by atoms with Crippen molar-refractivity contribution in [1.29, 1.82) is 0 Å². The van der Waals surface area contributed by atoms with E-state index in [1.54, 1.807) is 0 Å². The Bertz CT molecular complexity index is 562. The Kier molecular flexibility index (Phi) is 6.53. The second kappa shape index (κ2) is 8.04. The molecule has 3 atom stereocenters. The summed E-state index contributed by atoms with van der Waals surface area (Å²) in [5, 5.41) is 10.9. The molecule has 1 aromatic rings. The van der Waals surface area contributed by atoms with E-state index < -0.39 is 0 Å². The monoisotopic (exact) mass is 375 g/mol. The fourth-order valence-corrected chi connectivity index (χ4v) is 3.92. The molecule has 3 fully saturated rings. The Labute approximate surface area is 155 Å². The molecule has 24 heavy (non-hydrogen) atoms. The first-order valence-electron chi connectivity index (χ1n) is 8.44. The van der Waals surface area contributed by atoms with Gasteiger partial charge in [-0.15, -0.1) is 24.8 Å². The lowest BCUT2D eigenvalue weighted by Crippen LogP contribution is -2.42. The molecule has 1 unspecified atom stereocenters. The molecule has 4 rings (SSSR count). The molecule has 1 aromatic heterocycles. The van der Waals surface area contributed by atoms with Gasteiger partial charge >= 0.3 is 0 Å². The third-order valence-electron chi connectivity index (χ3n) is 5.33. The van der Waals surface area contributed by atoms with Gasteiger partial charge in [0, 0.05) is 57.4 Å². The third kappa shape index (κ3) is 4.04. The average molecular weight is 376 g/mol. The van der Waals surface area contributed by atoms with E-state index in [-0.39, 0.29) is 42.6 Å². The van der Waals surface area contributed by atoms with Gasteiger partial charge in [-0.05, 0) is 24.8 Å². The minimum Gasteiger partial charge on any atom is -0.352 e. The van der Waals surface area contributed by atoms with Crippen LogP contribution in [0, 0.1) is 5.92 Å². The van der Waals surface area contributed by atoms with Gasteiger partial charge in [0.1, 0.15) is 0 Å². The normalized spacial score (nSPS) is 29.8. The smallest absolute Gasteiger partial charge is 0.225 e. The highest BCUT2D eigenvalue weighted by Gasteiger charge is 2.38. The lowest BCUT2D eigenvalue weighted by atomic mass is 9.90. The molecule has 8 heteroatoms. The van der Waals surface area contributed by atoms with Gasteiger partial charge < -0.3 is 10.6 Å². The molecule has 3 aliphatic rings. The molecule has 0 aromatic carbocycles. The summed E-state index contributed by atoms with van der Waals surface area (Å²) in [5.74, 6) is 0.482. The first kappa shape index (κ1) is 19.5. The fraction of sp³-hybridized carbons (Fsp3) is 0.750. The summed E-state index contributed by atoms with van der Waals surface area (Å²) in [6.07, 6.45) is 7.71. The zero-order chi connectivity index (χ0) is 15.1. The number of aryl methyl sites for hydroxylation is 1. The maximum absolute atomic E-state index is 12.7. The molecule has 1 saturated carbocycles. The van der Waals surface area contributed by atoms with Gasteiger partial charge in [-0.25, -0.2) is 0 Å². The quantitative estimate of drug-likeness (QED) is 0.821. The number of likely N-dealkylation sites (tertiary alicyclic amines) is 1. The first-order valence-corrected chi connectivity index (χ1v) is 8.44. The largest absolute Gasteiger partial charge is 0.352 e. The summed E-state index contributed by atoms with van der Waals surface area (Å²) in [7, 11) is 1.92. The summed E-state index contributed by atoms with van der Waals surface area (Å²) >= 11 is 0. The second-order valence-corrected chi connectivity index (χ2v) is 7.04. The predicted octanol–water partition coefficient (Wildman–Crippen LogP) is 0.920. The highest BCUT2D eigenvalue weighted by atomic mass is 35.5. The van der Waals surface area contributed by atoms with Crippen LogP contribution in [-0.4, -0.2) is 58.9 Å². The van der Waals surface area contributed by atoms with Crippen LogP contribution in [0.4, 0.5) is 0 Å². The van der Waals surface area contributed by atoms with Crippen molar-refractivity contribution in [2.75, 3.05) is 26.2 Å². The van der Waals surface area contributed by atoms with Crippen LogP contribution in [0.5, 0.6) is 0 Å². The number of nitrogens with one attached hydrogen (secondary N) is 2. The molecular weight excluding hydrogens is 349 g/mol. The summed E-state index contributed by atoms with van der Waals surface area (Å²) in [5.41, 5.74) is 1.17. The molecular formula is C16H27Cl2N5O. The van der Waals surface area contributed by atoms with Gasteiger partial charge in [0.05, 0.1) is 12.1 Å². The maximum atomic E-state index is 12.7. The van der Waals surface area contributed by atoms with E-state index in [0.29, 0.717) is 6.04 Å². The molecule has 1 amide bonds. The topological polar surface area (TPSA) is 62.2 Å². The first-order chi connectivity index (χ1) is 10.7. The molecule has 0 bridgehead atoms. The summed E-state index contributed by atoms with van der Waals surface area (Å²) in [6.45, 7) is 3.81. The molecule has 0 radical (unpaired) electrons. The van der Waals surface area contributed by atoms with Gasteiger partial charge in [-0.1, -0.05) is 0 Å². The number of carbonyl (C=O) groups is 1. The molecule has 2 saturated heterocycles. The molecule has 1 aliphatic carbocycles. The Morgan fingerprint density at radius 1 is 1.29 bits per heavy atom. The van der Waals surface area contributed by atoms with Crippen LogP contribution in [0.25, 0.3) is 0 Å². The van der Waals surface area contributed by atoms with Crippen LogP contribution in [0.3, 0.4) is 0 Å². The molecule has 2 aliphatic heterocycles. The van der Waals surface area contributed by atoms with E-state index in [4.69, 9.17) is 0 Å². The number of rotatable bonds is 4. The van der Waals surface area contributed by atoms with Gasteiger partial charge in [0.25, 0.3) is 0 Å². The predicted molar refractivity (Wildman–Crippen MR) is 97.9 cm³/mol. The number of aromatic nitrogens is 2. The standard InChI is InChI=1S/C16H25N5O.2ClH/c1-20-9-11(6-18-20)14-7-17-8-15(14)16(22)19-12-4-5-21(10-12)13-2-3-13;;/h6,9,12-15,17H,2-5,7-8,10H2,1H3,(H,19,22);2*1H/t12?,14-,15+;;/m1../s1. The third-order valence-corrected chi connectivity index (χ3v) is 5.33. The summed E-state index contributed by atoms with van der Waals surface area (Å²) in [4.78, 5) is 15.2. The Morgan fingerprint density at radius 2 is 2.08 bits per heavy atom. The maximum Gasteiger partial charge on any atom is 0.225 e. The number of carbonyl (C=O) groups excluding carboxylic acids is 1. The van der Waals surface area contributed by atoms with Crippen LogP contribution in [0.15, 0.2) is 12.4 Å². The summed E-state index contributed by atoms with van der Waals surface area (Å²) in [6, 6.07) is 1.14. The number of hydrogen-bond acceptors (Lipinski definition) is 4. The SMILES string of the molecule is Cl.Cl.Cn1cc([C@H]2CNC[C@@H]2C(=O)NC2CCN(C3CC3)C2)cn1. The lowest BCUT2D eigenvalue weighted by molar-refractivity contribution is -0.125. The Morgan fingerprint density at radius 3 is 2.75 bits per heavy atom. The Hall–Kier alpha value is -0.820. The highest BCUT2D eigenvalue weighted by Crippen LogP contribution is 2.31. The van der Waals surface area contributed by atoms with Crippen molar-refractivity contribution in [2.24, 2.45) is 13.0 Å². The van der Waals surface area contributed by atoms with Crippen LogP contribution in [-0.2, 0) is 11.8 Å². The van der Waals surface area contributed by atoms with Crippen LogP contribution in [0.2, 0.25) is 0 Å². The van der Waals surface area contributed by atoms with Crippen LogP contribution >= 0.6 is 24.8 Å². The summed E-state index contributed by atoms with van der Waals surface area (Å²) < 4.78 is 1.81. The van der Waals surface area contributed by atoms with E-state index in [1.165, 1.54) is 18.4 Å². The zero-order valence-electron chi connectivity index (χ0n) is 14.0. The second-order valence-electron chi connectivity index (χ2n) is 7.04. The Balaban J connectivity index is 0.00000104. The number of amides is 1. The fourth-order valence-electron chi connectivity index (χ4n) is 3.92. The van der Waals surface area contributed by atoms with Crippen LogP contribution < -0.4 is 10.6 Å². The minimum atomic E-state index is 0. The van der Waals surface area contributed by atoms with E-state index in [0.717, 1.165) is 38.6 Å². The van der Waals surface area contributed by atoms with Gasteiger partial charge in [0.15, 0.2) is 0 Å².